The number of hydrogen-bond acceptors (Lipinski definition) is 5. The molecular weight excluding hydrogens is 276 g/mol. The van der Waals surface area contributed by atoms with E-state index in [1.165, 1.54) is 12.8 Å². The number of rotatable bonds is 7. The number of nitrogens with zero attached hydrogens (tertiary/aromatic N) is 1. The molecule has 5 nitrogen and oxygen atoms in total. The topological polar surface area (TPSA) is 72.6 Å². The van der Waals surface area contributed by atoms with Gasteiger partial charge in [0.1, 0.15) is 12.4 Å². The highest BCUT2D eigenvalue weighted by Crippen LogP contribution is 2.13. The van der Waals surface area contributed by atoms with Gasteiger partial charge in [-0.15, -0.1) is 0 Å². The third kappa shape index (κ3) is 5.02. The molecule has 0 atom stereocenters. The highest BCUT2D eigenvalue weighted by atomic mass is 32.2. The Morgan fingerprint density at radius 1 is 1.10 bits per heavy atom. The van der Waals surface area contributed by atoms with Crippen molar-refractivity contribution >= 4 is 15.5 Å². The van der Waals surface area contributed by atoms with Gasteiger partial charge in [0.15, 0.2) is 9.84 Å². The number of nitrogen functional groups attached to an aromatic ring is 1. The Hall–Kier alpha value is -1.27. The molecule has 2 rings (SSSR count). The van der Waals surface area contributed by atoms with Crippen molar-refractivity contribution in [2.24, 2.45) is 0 Å². The molecule has 0 saturated carbocycles. The third-order valence-electron chi connectivity index (χ3n) is 3.46. The maximum Gasteiger partial charge on any atom is 0.154 e. The summed E-state index contributed by atoms with van der Waals surface area (Å²) < 4.78 is 29.2. The predicted octanol–water partition coefficient (Wildman–Crippen LogP) is 1.16. The van der Waals surface area contributed by atoms with Crippen molar-refractivity contribution in [3.05, 3.63) is 24.3 Å². The van der Waals surface area contributed by atoms with E-state index < -0.39 is 9.84 Å². The first-order valence-corrected chi connectivity index (χ1v) is 8.78. The van der Waals surface area contributed by atoms with Crippen LogP contribution in [0.3, 0.4) is 0 Å². The lowest BCUT2D eigenvalue weighted by molar-refractivity contribution is 0.338. The first-order valence-electron chi connectivity index (χ1n) is 6.96. The Labute approximate surface area is 120 Å². The van der Waals surface area contributed by atoms with Crippen LogP contribution in [0.4, 0.5) is 5.69 Å². The number of likely N-dealkylation sites (tertiary alicyclic amines) is 1. The summed E-state index contributed by atoms with van der Waals surface area (Å²) >= 11 is 0. The second-order valence-electron chi connectivity index (χ2n) is 5.12. The molecule has 0 aliphatic carbocycles. The molecule has 0 bridgehead atoms. The summed E-state index contributed by atoms with van der Waals surface area (Å²) in [7, 11) is -3.04. The summed E-state index contributed by atoms with van der Waals surface area (Å²) in [6.45, 7) is 2.88. The van der Waals surface area contributed by atoms with Crippen molar-refractivity contribution in [3.63, 3.8) is 0 Å². The number of sulfone groups is 1. The molecular formula is C14H22N2O3S. The van der Waals surface area contributed by atoms with Crippen molar-refractivity contribution in [1.29, 1.82) is 0 Å². The largest absolute Gasteiger partial charge is 0.493 e. The fraction of sp³-hybridized carbons (Fsp3) is 0.571. The standard InChI is InChI=1S/C14H22N2O3S/c15-13-3-5-14(6-4-13)19-10-12-20(17,18)11-9-16-7-1-2-8-16/h3-6H,1-2,7-12,15H2. The molecule has 1 saturated heterocycles. The Bertz CT molecular complexity index is 508. The van der Waals surface area contributed by atoms with Crippen LogP contribution in [0.1, 0.15) is 12.8 Å². The average molecular weight is 298 g/mol. The van der Waals surface area contributed by atoms with E-state index in [0.717, 1.165) is 13.1 Å². The summed E-state index contributed by atoms with van der Waals surface area (Å²) in [5.41, 5.74) is 6.23. The average Bonchev–Trinajstić information content (AvgIpc) is 2.92. The van der Waals surface area contributed by atoms with Crippen molar-refractivity contribution < 1.29 is 13.2 Å². The molecule has 0 radical (unpaired) electrons. The zero-order chi connectivity index (χ0) is 14.4. The number of benzene rings is 1. The summed E-state index contributed by atoms with van der Waals surface area (Å²) in [6.07, 6.45) is 2.36. The molecule has 0 unspecified atom stereocenters. The fourth-order valence-electron chi connectivity index (χ4n) is 2.23. The maximum absolute atomic E-state index is 11.9. The minimum atomic E-state index is -3.04. The van der Waals surface area contributed by atoms with Crippen molar-refractivity contribution in [3.8, 4) is 5.75 Å². The van der Waals surface area contributed by atoms with Gasteiger partial charge in [-0.3, -0.25) is 0 Å². The van der Waals surface area contributed by atoms with Crippen molar-refractivity contribution in [1.82, 2.24) is 4.90 Å². The summed E-state index contributed by atoms with van der Waals surface area (Å²) in [4.78, 5) is 2.21. The lowest BCUT2D eigenvalue weighted by atomic mass is 10.3. The van der Waals surface area contributed by atoms with Gasteiger partial charge < -0.3 is 15.4 Å². The van der Waals surface area contributed by atoms with E-state index in [9.17, 15) is 8.42 Å². The van der Waals surface area contributed by atoms with Gasteiger partial charge in [0.05, 0.1) is 11.5 Å². The minimum absolute atomic E-state index is 0.0607. The zero-order valence-corrected chi connectivity index (χ0v) is 12.4. The molecule has 6 heteroatoms. The number of hydrogen-bond donors (Lipinski definition) is 1. The smallest absolute Gasteiger partial charge is 0.154 e. The Morgan fingerprint density at radius 3 is 2.40 bits per heavy atom. The molecule has 1 aromatic carbocycles. The third-order valence-corrected chi connectivity index (χ3v) is 5.05. The molecule has 2 N–H and O–H groups in total. The van der Waals surface area contributed by atoms with Crippen LogP contribution >= 0.6 is 0 Å². The molecule has 1 heterocycles. The minimum Gasteiger partial charge on any atom is -0.493 e. The van der Waals surface area contributed by atoms with E-state index >= 15 is 0 Å². The lowest BCUT2D eigenvalue weighted by Crippen LogP contribution is -2.28. The number of nitrogens with two attached hydrogens (primary N) is 1. The fourth-order valence-corrected chi connectivity index (χ4v) is 3.30. The second kappa shape index (κ2) is 6.95. The van der Waals surface area contributed by atoms with Crippen LogP contribution in [-0.2, 0) is 9.84 Å². The summed E-state index contributed by atoms with van der Waals surface area (Å²) in [5.74, 6) is 0.928. The van der Waals surface area contributed by atoms with E-state index in [1.807, 2.05) is 0 Å². The Balaban J connectivity index is 1.70. The zero-order valence-electron chi connectivity index (χ0n) is 11.6. The van der Waals surface area contributed by atoms with Gasteiger partial charge in [-0.1, -0.05) is 0 Å². The van der Waals surface area contributed by atoms with Crippen molar-refractivity contribution in [2.45, 2.75) is 12.8 Å². The van der Waals surface area contributed by atoms with Crippen molar-refractivity contribution in [2.75, 3.05) is 43.5 Å². The maximum atomic E-state index is 11.9. The van der Waals surface area contributed by atoms with Gasteiger partial charge in [-0.2, -0.15) is 0 Å². The Kier molecular flexibility index (Phi) is 5.25. The molecule has 0 amide bonds. The van der Waals surface area contributed by atoms with E-state index in [-0.39, 0.29) is 18.1 Å². The van der Waals surface area contributed by atoms with E-state index in [1.54, 1.807) is 24.3 Å². The molecule has 1 fully saturated rings. The van der Waals surface area contributed by atoms with Crippen LogP contribution in [0.2, 0.25) is 0 Å². The molecule has 1 aliphatic rings. The van der Waals surface area contributed by atoms with E-state index in [2.05, 4.69) is 4.90 Å². The quantitative estimate of drug-likeness (QED) is 0.765. The normalized spacial score (nSPS) is 16.4. The van der Waals surface area contributed by atoms with E-state index in [4.69, 9.17) is 10.5 Å². The number of anilines is 1. The van der Waals surface area contributed by atoms with Gasteiger partial charge >= 0.3 is 0 Å². The first kappa shape index (κ1) is 15.1. The van der Waals surface area contributed by atoms with Crippen LogP contribution in [0, 0.1) is 0 Å². The molecule has 1 aliphatic heterocycles. The first-order chi connectivity index (χ1) is 9.55. The predicted molar refractivity (Wildman–Crippen MR) is 80.7 cm³/mol. The van der Waals surface area contributed by atoms with Gasteiger partial charge in [0, 0.05) is 12.2 Å². The lowest BCUT2D eigenvalue weighted by Gasteiger charge is -2.14. The van der Waals surface area contributed by atoms with Gasteiger partial charge in [0.25, 0.3) is 0 Å². The van der Waals surface area contributed by atoms with Crippen LogP contribution in [0.5, 0.6) is 5.75 Å². The van der Waals surface area contributed by atoms with Crippen LogP contribution in [0.15, 0.2) is 24.3 Å². The monoisotopic (exact) mass is 298 g/mol. The van der Waals surface area contributed by atoms with Crippen LogP contribution in [0.25, 0.3) is 0 Å². The van der Waals surface area contributed by atoms with Crippen LogP contribution in [-0.4, -0.2) is 51.1 Å². The summed E-state index contributed by atoms with van der Waals surface area (Å²) in [6, 6.07) is 6.95. The Morgan fingerprint density at radius 2 is 1.75 bits per heavy atom. The molecule has 112 valence electrons. The molecule has 0 spiro atoms. The van der Waals surface area contributed by atoms with Crippen LogP contribution < -0.4 is 10.5 Å². The number of ether oxygens (including phenoxy) is 1. The molecule has 0 aromatic heterocycles. The second-order valence-corrected chi connectivity index (χ2v) is 7.42. The van der Waals surface area contributed by atoms with E-state index in [0.29, 0.717) is 18.0 Å². The highest BCUT2D eigenvalue weighted by Gasteiger charge is 2.16. The highest BCUT2D eigenvalue weighted by molar-refractivity contribution is 7.91. The molecule has 20 heavy (non-hydrogen) atoms. The van der Waals surface area contributed by atoms with Gasteiger partial charge in [-0.25, -0.2) is 8.42 Å². The summed E-state index contributed by atoms with van der Waals surface area (Å²) in [5, 5.41) is 0. The van der Waals surface area contributed by atoms with Gasteiger partial charge in [-0.05, 0) is 50.2 Å². The SMILES string of the molecule is Nc1ccc(OCCS(=O)(=O)CCN2CCCC2)cc1. The molecule has 1 aromatic rings. The van der Waals surface area contributed by atoms with Gasteiger partial charge in [0.2, 0.25) is 0 Å².